The van der Waals surface area contributed by atoms with Crippen molar-refractivity contribution in [2.45, 2.75) is 12.8 Å². The number of hydrogen-bond donors (Lipinski definition) is 1. The Kier molecular flexibility index (Phi) is 4.54. The summed E-state index contributed by atoms with van der Waals surface area (Å²) in [6.45, 7) is 0.664. The van der Waals surface area contributed by atoms with Crippen molar-refractivity contribution in [1.29, 1.82) is 0 Å². The minimum atomic E-state index is -0.355. The maximum atomic E-state index is 13.1. The van der Waals surface area contributed by atoms with E-state index in [4.69, 9.17) is 4.52 Å². The molecule has 1 aromatic carbocycles. The number of nitrogens with zero attached hydrogens (tertiary/aromatic N) is 3. The van der Waals surface area contributed by atoms with Crippen LogP contribution in [0.1, 0.15) is 22.6 Å². The van der Waals surface area contributed by atoms with Gasteiger partial charge in [0.2, 0.25) is 5.91 Å². The van der Waals surface area contributed by atoms with E-state index in [9.17, 15) is 14.0 Å². The average Bonchev–Trinajstić information content (AvgIpc) is 3.07. The molecular weight excluding hydrogens is 387 g/mol. The third kappa shape index (κ3) is 3.34. The molecule has 5 rings (SSSR count). The van der Waals surface area contributed by atoms with Crippen molar-refractivity contribution >= 4 is 23.2 Å². The number of carbonyl (C=O) groups excluding carboxylic acids is 2. The topological polar surface area (TPSA) is 88.3 Å². The molecule has 1 aliphatic heterocycles. The Hall–Kier alpha value is -3.55. The molecule has 1 saturated carbocycles. The van der Waals surface area contributed by atoms with E-state index in [1.807, 2.05) is 0 Å². The standard InChI is InChI=1S/C22H19FN4O3/c23-13-3-5-14(6-4-13)27-12-16-15(20(16)22(27)29)7-8-17-18(2-1-10-24-17)25-21(28)19-9-11-30-26-19/h1-6,9-11,15-16,20H,7-8,12H2,(H,25,28). The molecule has 0 radical (unpaired) electrons. The Morgan fingerprint density at radius 1 is 1.23 bits per heavy atom. The number of pyridine rings is 1. The molecule has 7 nitrogen and oxygen atoms in total. The summed E-state index contributed by atoms with van der Waals surface area (Å²) in [5.41, 5.74) is 2.36. The molecule has 3 unspecified atom stereocenters. The van der Waals surface area contributed by atoms with E-state index in [2.05, 4.69) is 15.5 Å². The molecule has 2 aliphatic rings. The molecule has 0 bridgehead atoms. The molecule has 2 amide bonds. The van der Waals surface area contributed by atoms with Crippen molar-refractivity contribution in [3.05, 3.63) is 72.1 Å². The van der Waals surface area contributed by atoms with E-state index in [1.165, 1.54) is 24.5 Å². The number of fused-ring (bicyclic) bond motifs is 1. The summed E-state index contributed by atoms with van der Waals surface area (Å²) in [6.07, 6.45) is 4.52. The second-order valence-electron chi connectivity index (χ2n) is 7.65. The van der Waals surface area contributed by atoms with Gasteiger partial charge in [-0.3, -0.25) is 14.6 Å². The fourth-order valence-corrected chi connectivity index (χ4v) is 4.36. The molecule has 1 N–H and O–H groups in total. The van der Waals surface area contributed by atoms with Gasteiger partial charge < -0.3 is 14.7 Å². The zero-order valence-corrected chi connectivity index (χ0v) is 16.0. The summed E-state index contributed by atoms with van der Waals surface area (Å²) in [7, 11) is 0. The number of piperidine rings is 1. The number of carbonyl (C=O) groups is 2. The number of halogens is 1. The number of amides is 2. The van der Waals surface area contributed by atoms with Gasteiger partial charge in [0.1, 0.15) is 12.1 Å². The normalized spacial score (nSPS) is 22.1. The Balaban J connectivity index is 1.20. The minimum Gasteiger partial charge on any atom is -0.364 e. The minimum absolute atomic E-state index is 0.0203. The van der Waals surface area contributed by atoms with E-state index in [0.717, 1.165) is 17.8 Å². The van der Waals surface area contributed by atoms with Gasteiger partial charge in [-0.2, -0.15) is 0 Å². The zero-order valence-electron chi connectivity index (χ0n) is 16.0. The third-order valence-electron chi connectivity index (χ3n) is 5.94. The summed E-state index contributed by atoms with van der Waals surface area (Å²) in [5.74, 6) is 0.0977. The summed E-state index contributed by atoms with van der Waals surface area (Å²) < 4.78 is 17.8. The van der Waals surface area contributed by atoms with Crippen LogP contribution in [0.2, 0.25) is 0 Å². The van der Waals surface area contributed by atoms with Crippen LogP contribution in [0.25, 0.3) is 0 Å². The fraction of sp³-hybridized carbons (Fsp3) is 0.273. The van der Waals surface area contributed by atoms with Gasteiger partial charge in [-0.15, -0.1) is 0 Å². The number of nitrogens with one attached hydrogen (secondary N) is 1. The van der Waals surface area contributed by atoms with Crippen LogP contribution in [-0.2, 0) is 11.2 Å². The fourth-order valence-electron chi connectivity index (χ4n) is 4.36. The van der Waals surface area contributed by atoms with Crippen LogP contribution in [0, 0.1) is 23.6 Å². The predicted molar refractivity (Wildman–Crippen MR) is 106 cm³/mol. The highest BCUT2D eigenvalue weighted by Gasteiger charge is 2.60. The van der Waals surface area contributed by atoms with Crippen molar-refractivity contribution in [3.8, 4) is 0 Å². The first-order valence-electron chi connectivity index (χ1n) is 9.84. The van der Waals surface area contributed by atoms with E-state index in [0.29, 0.717) is 30.5 Å². The van der Waals surface area contributed by atoms with Crippen molar-refractivity contribution in [2.24, 2.45) is 17.8 Å². The van der Waals surface area contributed by atoms with Gasteiger partial charge in [-0.25, -0.2) is 4.39 Å². The van der Waals surface area contributed by atoms with Gasteiger partial charge in [0, 0.05) is 30.4 Å². The second kappa shape index (κ2) is 7.37. The SMILES string of the molecule is O=C(Nc1cccnc1CCC1C2CN(c3ccc(F)cc3)C(=O)C12)c1ccon1. The Morgan fingerprint density at radius 3 is 2.77 bits per heavy atom. The third-order valence-corrected chi connectivity index (χ3v) is 5.94. The molecule has 30 heavy (non-hydrogen) atoms. The van der Waals surface area contributed by atoms with Crippen LogP contribution in [-0.4, -0.2) is 28.5 Å². The number of hydrogen-bond acceptors (Lipinski definition) is 5. The lowest BCUT2D eigenvalue weighted by Crippen LogP contribution is -2.29. The molecule has 2 fully saturated rings. The van der Waals surface area contributed by atoms with Crippen molar-refractivity contribution in [1.82, 2.24) is 10.1 Å². The molecule has 1 saturated heterocycles. The van der Waals surface area contributed by atoms with Gasteiger partial charge >= 0.3 is 0 Å². The highest BCUT2D eigenvalue weighted by atomic mass is 19.1. The van der Waals surface area contributed by atoms with Crippen LogP contribution >= 0.6 is 0 Å². The molecule has 8 heteroatoms. The van der Waals surface area contributed by atoms with Crippen LogP contribution < -0.4 is 10.2 Å². The van der Waals surface area contributed by atoms with Crippen LogP contribution in [0.15, 0.2) is 59.4 Å². The van der Waals surface area contributed by atoms with Gasteiger partial charge in [-0.1, -0.05) is 5.16 Å². The number of anilines is 2. The van der Waals surface area contributed by atoms with Crippen molar-refractivity contribution < 1.29 is 18.5 Å². The second-order valence-corrected chi connectivity index (χ2v) is 7.65. The highest BCUT2D eigenvalue weighted by molar-refractivity contribution is 6.03. The number of aryl methyl sites for hydroxylation is 1. The number of benzene rings is 1. The predicted octanol–water partition coefficient (Wildman–Crippen LogP) is 3.30. The summed E-state index contributed by atoms with van der Waals surface area (Å²) >= 11 is 0. The Labute approximate surface area is 171 Å². The smallest absolute Gasteiger partial charge is 0.277 e. The lowest BCUT2D eigenvalue weighted by atomic mass is 10.1. The lowest BCUT2D eigenvalue weighted by Gasteiger charge is -2.20. The monoisotopic (exact) mass is 406 g/mol. The maximum Gasteiger partial charge on any atom is 0.277 e. The molecule has 0 spiro atoms. The van der Waals surface area contributed by atoms with Gasteiger partial charge in [0.05, 0.1) is 11.4 Å². The quantitative estimate of drug-likeness (QED) is 0.679. The molecule has 3 aromatic rings. The maximum absolute atomic E-state index is 13.1. The summed E-state index contributed by atoms with van der Waals surface area (Å²) in [6, 6.07) is 11.1. The Morgan fingerprint density at radius 2 is 2.07 bits per heavy atom. The first kappa shape index (κ1) is 18.5. The van der Waals surface area contributed by atoms with E-state index in [-0.39, 0.29) is 29.2 Å². The summed E-state index contributed by atoms with van der Waals surface area (Å²) in [5, 5.41) is 6.46. The van der Waals surface area contributed by atoms with E-state index >= 15 is 0 Å². The zero-order chi connectivity index (χ0) is 20.7. The highest BCUT2D eigenvalue weighted by Crippen LogP contribution is 2.55. The van der Waals surface area contributed by atoms with Gasteiger partial charge in [0.15, 0.2) is 5.69 Å². The first-order chi connectivity index (χ1) is 14.6. The lowest BCUT2D eigenvalue weighted by molar-refractivity contribution is -0.119. The van der Waals surface area contributed by atoms with Crippen molar-refractivity contribution in [3.63, 3.8) is 0 Å². The number of aromatic nitrogens is 2. The largest absolute Gasteiger partial charge is 0.364 e. The van der Waals surface area contributed by atoms with Gasteiger partial charge in [0.25, 0.3) is 5.91 Å². The summed E-state index contributed by atoms with van der Waals surface area (Å²) in [4.78, 5) is 31.1. The molecule has 3 atom stereocenters. The molecular formula is C22H19FN4O3. The molecule has 3 heterocycles. The van der Waals surface area contributed by atoms with Crippen LogP contribution in [0.4, 0.5) is 15.8 Å². The average molecular weight is 406 g/mol. The van der Waals surface area contributed by atoms with Crippen molar-refractivity contribution in [2.75, 3.05) is 16.8 Å². The van der Waals surface area contributed by atoms with E-state index < -0.39 is 0 Å². The molecule has 2 aromatic heterocycles. The Bertz CT molecular complexity index is 1080. The molecule has 1 aliphatic carbocycles. The first-order valence-corrected chi connectivity index (χ1v) is 9.84. The van der Waals surface area contributed by atoms with Crippen LogP contribution in [0.5, 0.6) is 0 Å². The van der Waals surface area contributed by atoms with Gasteiger partial charge in [-0.05, 0) is 61.1 Å². The molecule has 152 valence electrons. The van der Waals surface area contributed by atoms with E-state index in [1.54, 1.807) is 35.4 Å². The van der Waals surface area contributed by atoms with Crippen LogP contribution in [0.3, 0.4) is 0 Å². The number of rotatable bonds is 6.